The smallest absolute Gasteiger partial charge is 0.356 e. The van der Waals surface area contributed by atoms with Gasteiger partial charge in [-0.1, -0.05) is 0 Å². The van der Waals surface area contributed by atoms with Gasteiger partial charge in [-0.2, -0.15) is 18.3 Å². The topological polar surface area (TPSA) is 69.0 Å². The molecule has 0 spiro atoms. The highest BCUT2D eigenvalue weighted by Gasteiger charge is 2.34. The van der Waals surface area contributed by atoms with Gasteiger partial charge in [0.05, 0.1) is 18.4 Å². The highest BCUT2D eigenvalue weighted by molar-refractivity contribution is 5.98. The maximum atomic E-state index is 12.5. The second-order valence-electron chi connectivity index (χ2n) is 7.27. The number of carbonyl (C=O) groups is 1. The van der Waals surface area contributed by atoms with Crippen LogP contribution in [0.4, 0.5) is 18.9 Å². The van der Waals surface area contributed by atoms with Gasteiger partial charge in [-0.05, 0) is 18.9 Å². The summed E-state index contributed by atoms with van der Waals surface area (Å²) < 4.78 is 39.2. The van der Waals surface area contributed by atoms with Gasteiger partial charge in [0.25, 0.3) is 0 Å². The minimum absolute atomic E-state index is 0.0422. The van der Waals surface area contributed by atoms with Gasteiger partial charge >= 0.3 is 6.18 Å². The van der Waals surface area contributed by atoms with E-state index < -0.39 is 12.7 Å². The number of nitrogens with one attached hydrogen (secondary N) is 1. The van der Waals surface area contributed by atoms with Crippen LogP contribution in [-0.2, 0) is 11.8 Å². The first-order valence-electron chi connectivity index (χ1n) is 9.29. The van der Waals surface area contributed by atoms with Crippen LogP contribution in [-0.4, -0.2) is 90.5 Å². The molecule has 1 atom stereocenters. The van der Waals surface area contributed by atoms with Crippen molar-refractivity contribution in [1.29, 1.82) is 0 Å². The number of halogens is 3. The van der Waals surface area contributed by atoms with Crippen molar-refractivity contribution < 1.29 is 18.0 Å². The van der Waals surface area contributed by atoms with E-state index >= 15 is 0 Å². The quantitative estimate of drug-likeness (QED) is 0.589. The van der Waals surface area contributed by atoms with Gasteiger partial charge in [0.2, 0.25) is 5.91 Å². The summed E-state index contributed by atoms with van der Waals surface area (Å²) in [6.07, 6.45) is 0.0152. The van der Waals surface area contributed by atoms with Crippen molar-refractivity contribution in [2.45, 2.75) is 12.6 Å². The van der Waals surface area contributed by atoms with E-state index in [0.29, 0.717) is 45.1 Å². The SMILES string of the molecule is CN=C(NCC1CCN(CC(F)(F)F)C1)N1CCN(c2cnn(C)c2)C(=O)C1. The fourth-order valence-corrected chi connectivity index (χ4v) is 3.72. The number of hydrogen-bond donors (Lipinski definition) is 1. The second kappa shape index (κ2) is 8.38. The summed E-state index contributed by atoms with van der Waals surface area (Å²) in [5, 5.41) is 7.32. The van der Waals surface area contributed by atoms with Crippen LogP contribution in [0, 0.1) is 5.92 Å². The Hall–Kier alpha value is -2.30. The molecule has 1 N–H and O–H groups in total. The molecule has 1 aromatic heterocycles. The lowest BCUT2D eigenvalue weighted by molar-refractivity contribution is -0.143. The minimum Gasteiger partial charge on any atom is -0.356 e. The number of amides is 1. The normalized spacial score (nSPS) is 22.2. The van der Waals surface area contributed by atoms with Gasteiger partial charge in [-0.15, -0.1) is 0 Å². The number of guanidine groups is 1. The van der Waals surface area contributed by atoms with Gasteiger partial charge in [0.1, 0.15) is 6.54 Å². The van der Waals surface area contributed by atoms with Gasteiger partial charge < -0.3 is 15.1 Å². The summed E-state index contributed by atoms with van der Waals surface area (Å²) in [7, 11) is 3.44. The first kappa shape index (κ1) is 20.4. The van der Waals surface area contributed by atoms with Crippen LogP contribution >= 0.6 is 0 Å². The summed E-state index contributed by atoms with van der Waals surface area (Å²) in [4.78, 5) is 21.8. The van der Waals surface area contributed by atoms with Crippen LogP contribution in [0.3, 0.4) is 0 Å². The number of nitrogens with zero attached hydrogens (tertiary/aromatic N) is 6. The average molecular weight is 401 g/mol. The van der Waals surface area contributed by atoms with E-state index in [9.17, 15) is 18.0 Å². The van der Waals surface area contributed by atoms with Crippen molar-refractivity contribution in [1.82, 2.24) is 24.9 Å². The molecule has 1 aromatic rings. The molecule has 0 radical (unpaired) electrons. The molecule has 0 saturated carbocycles. The predicted octanol–water partition coefficient (Wildman–Crippen LogP) is 0.528. The molecule has 2 aliphatic rings. The van der Waals surface area contributed by atoms with E-state index in [4.69, 9.17) is 0 Å². The number of aryl methyl sites for hydroxylation is 1. The molecule has 0 aliphatic carbocycles. The summed E-state index contributed by atoms with van der Waals surface area (Å²) in [5.41, 5.74) is 0.769. The maximum Gasteiger partial charge on any atom is 0.401 e. The third-order valence-electron chi connectivity index (χ3n) is 5.06. The molecule has 28 heavy (non-hydrogen) atoms. The number of likely N-dealkylation sites (tertiary alicyclic amines) is 1. The maximum absolute atomic E-state index is 12.5. The van der Waals surface area contributed by atoms with Crippen LogP contribution < -0.4 is 10.2 Å². The van der Waals surface area contributed by atoms with Crippen molar-refractivity contribution in [2.24, 2.45) is 18.0 Å². The van der Waals surface area contributed by atoms with Crippen LogP contribution in [0.5, 0.6) is 0 Å². The van der Waals surface area contributed by atoms with E-state index in [1.165, 1.54) is 4.90 Å². The Morgan fingerprint density at radius 3 is 2.75 bits per heavy atom. The van der Waals surface area contributed by atoms with Gasteiger partial charge in [-0.3, -0.25) is 19.4 Å². The molecule has 1 amide bonds. The predicted molar refractivity (Wildman–Crippen MR) is 99.1 cm³/mol. The molecule has 3 rings (SSSR count). The van der Waals surface area contributed by atoms with Gasteiger partial charge in [-0.25, -0.2) is 0 Å². The Morgan fingerprint density at radius 1 is 1.36 bits per heavy atom. The molecule has 2 aliphatic heterocycles. The number of aromatic nitrogens is 2. The molecule has 3 heterocycles. The number of anilines is 1. The lowest BCUT2D eigenvalue weighted by Gasteiger charge is -2.35. The van der Waals surface area contributed by atoms with Crippen molar-refractivity contribution in [3.05, 3.63) is 12.4 Å². The Kier molecular flexibility index (Phi) is 6.11. The van der Waals surface area contributed by atoms with Crippen LogP contribution in [0.25, 0.3) is 0 Å². The second-order valence-corrected chi connectivity index (χ2v) is 7.27. The highest BCUT2D eigenvalue weighted by atomic mass is 19.4. The monoisotopic (exact) mass is 401 g/mol. The van der Waals surface area contributed by atoms with E-state index in [-0.39, 0.29) is 18.4 Å². The number of carbonyl (C=O) groups excluding carboxylic acids is 1. The Morgan fingerprint density at radius 2 is 2.14 bits per heavy atom. The number of hydrogen-bond acceptors (Lipinski definition) is 4. The number of rotatable bonds is 4. The van der Waals surface area contributed by atoms with E-state index in [2.05, 4.69) is 15.4 Å². The molecular weight excluding hydrogens is 375 g/mol. The lowest BCUT2D eigenvalue weighted by Crippen LogP contribution is -2.55. The van der Waals surface area contributed by atoms with Crippen LogP contribution in [0.2, 0.25) is 0 Å². The fourth-order valence-electron chi connectivity index (χ4n) is 3.72. The third kappa shape index (κ3) is 5.15. The molecule has 11 heteroatoms. The Balaban J connectivity index is 1.48. The molecule has 8 nitrogen and oxygen atoms in total. The summed E-state index contributed by atoms with van der Waals surface area (Å²) in [6, 6.07) is 0. The zero-order chi connectivity index (χ0) is 20.3. The van der Waals surface area contributed by atoms with Gasteiger partial charge in [0.15, 0.2) is 5.96 Å². The number of piperazine rings is 1. The van der Waals surface area contributed by atoms with E-state index in [1.807, 2.05) is 4.90 Å². The Labute approximate surface area is 162 Å². The number of alkyl halides is 3. The molecule has 2 fully saturated rings. The summed E-state index contributed by atoms with van der Waals surface area (Å²) in [5.74, 6) is 0.694. The zero-order valence-corrected chi connectivity index (χ0v) is 16.1. The van der Waals surface area contributed by atoms with Crippen LogP contribution in [0.1, 0.15) is 6.42 Å². The largest absolute Gasteiger partial charge is 0.401 e. The molecule has 0 bridgehead atoms. The molecule has 1 unspecified atom stereocenters. The van der Waals surface area contributed by atoms with Crippen molar-refractivity contribution in [3.63, 3.8) is 0 Å². The molecule has 0 aromatic carbocycles. The van der Waals surface area contributed by atoms with Crippen molar-refractivity contribution in [2.75, 3.05) is 57.8 Å². The average Bonchev–Trinajstić information content (AvgIpc) is 3.23. The van der Waals surface area contributed by atoms with Gasteiger partial charge in [0, 0.05) is 46.5 Å². The lowest BCUT2D eigenvalue weighted by atomic mass is 10.1. The molecule has 156 valence electrons. The zero-order valence-electron chi connectivity index (χ0n) is 16.1. The third-order valence-corrected chi connectivity index (χ3v) is 5.06. The minimum atomic E-state index is -4.16. The van der Waals surface area contributed by atoms with Crippen molar-refractivity contribution in [3.8, 4) is 0 Å². The fraction of sp³-hybridized carbons (Fsp3) is 0.706. The van der Waals surface area contributed by atoms with E-state index in [0.717, 1.165) is 5.69 Å². The Bertz CT molecular complexity index is 718. The summed E-state index contributed by atoms with van der Waals surface area (Å²) >= 11 is 0. The molecular formula is C17H26F3N7O. The highest BCUT2D eigenvalue weighted by Crippen LogP contribution is 2.22. The summed E-state index contributed by atoms with van der Waals surface area (Å²) in [6.45, 7) is 1.88. The van der Waals surface area contributed by atoms with Crippen LogP contribution in [0.15, 0.2) is 17.4 Å². The van der Waals surface area contributed by atoms with Crippen molar-refractivity contribution >= 4 is 17.6 Å². The number of aliphatic imine (C=N–C) groups is 1. The van der Waals surface area contributed by atoms with E-state index in [1.54, 1.807) is 36.1 Å². The standard InChI is InChI=1S/C17H26F3N7O/c1-21-16(22-7-13-3-4-25(9-13)12-17(18,19)20)26-5-6-27(15(28)11-26)14-8-23-24(2)10-14/h8,10,13H,3-7,9,11-12H2,1-2H3,(H,21,22). The first-order chi connectivity index (χ1) is 13.2. The first-order valence-corrected chi connectivity index (χ1v) is 9.29. The molecule has 2 saturated heterocycles.